The lowest BCUT2D eigenvalue weighted by molar-refractivity contribution is 0.0998. The number of carbonyl (C=O) groups is 1. The van der Waals surface area contributed by atoms with Crippen molar-refractivity contribution >= 4 is 28.2 Å². The number of nitrogens with one attached hydrogen (secondary N) is 1. The zero-order valence-electron chi connectivity index (χ0n) is 15.8. The van der Waals surface area contributed by atoms with E-state index in [4.69, 9.17) is 16.2 Å². The summed E-state index contributed by atoms with van der Waals surface area (Å²) >= 11 is 0. The number of imidazole rings is 1. The van der Waals surface area contributed by atoms with Gasteiger partial charge in [0.05, 0.1) is 29.0 Å². The molecule has 0 fully saturated rings. The van der Waals surface area contributed by atoms with Crippen molar-refractivity contribution in [3.05, 3.63) is 46.5 Å². The molecule has 3 aromatic rings. The molecule has 0 saturated carbocycles. The van der Waals surface area contributed by atoms with Crippen LogP contribution in [0.1, 0.15) is 29.7 Å². The fraction of sp³-hybridized carbons (Fsp3) is 0.316. The molecular weight excluding hydrogens is 379 g/mol. The highest BCUT2D eigenvalue weighted by atomic mass is 19.1. The summed E-state index contributed by atoms with van der Waals surface area (Å²) in [6, 6.07) is -0.192. The predicted octanol–water partition coefficient (Wildman–Crippen LogP) is 1.47. The lowest BCUT2D eigenvalue weighted by Crippen LogP contribution is -2.30. The van der Waals surface area contributed by atoms with Crippen LogP contribution in [-0.2, 0) is 6.54 Å². The van der Waals surface area contributed by atoms with Crippen LogP contribution in [0.15, 0.2) is 29.7 Å². The van der Waals surface area contributed by atoms with Gasteiger partial charge in [0.15, 0.2) is 11.6 Å². The average molecular weight is 400 g/mol. The molecule has 5 N–H and O–H groups in total. The van der Waals surface area contributed by atoms with Gasteiger partial charge in [0.1, 0.15) is 17.9 Å². The van der Waals surface area contributed by atoms with Crippen molar-refractivity contribution < 1.29 is 13.9 Å². The Balaban J connectivity index is 1.79. The van der Waals surface area contributed by atoms with Crippen molar-refractivity contribution in [2.24, 2.45) is 5.73 Å². The van der Waals surface area contributed by atoms with E-state index in [9.17, 15) is 9.59 Å². The van der Waals surface area contributed by atoms with Gasteiger partial charge in [-0.25, -0.2) is 9.37 Å². The zero-order valence-corrected chi connectivity index (χ0v) is 15.8. The van der Waals surface area contributed by atoms with Crippen LogP contribution in [0.25, 0.3) is 10.9 Å². The normalized spacial score (nSPS) is 15.3. The molecule has 4 rings (SSSR count). The molecule has 0 aliphatic carbocycles. The van der Waals surface area contributed by atoms with Crippen LogP contribution in [0.4, 0.5) is 15.8 Å². The molecule has 9 nitrogen and oxygen atoms in total. The second-order valence-corrected chi connectivity index (χ2v) is 7.04. The van der Waals surface area contributed by atoms with E-state index in [0.29, 0.717) is 25.0 Å². The van der Waals surface area contributed by atoms with Crippen LogP contribution in [0, 0.1) is 5.82 Å². The maximum atomic E-state index is 15.1. The number of pyridine rings is 1. The van der Waals surface area contributed by atoms with E-state index >= 15 is 4.39 Å². The topological polar surface area (TPSA) is 130 Å². The Morgan fingerprint density at radius 1 is 1.48 bits per heavy atom. The summed E-state index contributed by atoms with van der Waals surface area (Å²) in [4.78, 5) is 28.4. The van der Waals surface area contributed by atoms with Gasteiger partial charge in [-0.15, -0.1) is 0 Å². The van der Waals surface area contributed by atoms with Gasteiger partial charge in [-0.2, -0.15) is 0 Å². The molecule has 2 aromatic heterocycles. The molecule has 3 heterocycles. The van der Waals surface area contributed by atoms with E-state index in [2.05, 4.69) is 10.3 Å². The summed E-state index contributed by atoms with van der Waals surface area (Å²) in [5.41, 5.74) is 10.5. The second kappa shape index (κ2) is 7.12. The molecule has 1 aliphatic rings. The van der Waals surface area contributed by atoms with Crippen LogP contribution in [0.3, 0.4) is 0 Å². The number of primary amides is 1. The highest BCUT2D eigenvalue weighted by molar-refractivity contribution is 6.04. The average Bonchev–Trinajstić information content (AvgIpc) is 3.20. The first-order valence-electron chi connectivity index (χ1n) is 9.22. The quantitative estimate of drug-likeness (QED) is 0.424. The first kappa shape index (κ1) is 18.8. The van der Waals surface area contributed by atoms with Crippen molar-refractivity contribution in [1.82, 2.24) is 14.1 Å². The minimum absolute atomic E-state index is 0.0932. The van der Waals surface area contributed by atoms with Gasteiger partial charge in [0.2, 0.25) is 5.43 Å². The van der Waals surface area contributed by atoms with Crippen LogP contribution < -0.4 is 26.9 Å². The molecule has 152 valence electrons. The Kier molecular flexibility index (Phi) is 4.61. The molecule has 1 atom stereocenters. The molecule has 1 aliphatic heterocycles. The van der Waals surface area contributed by atoms with Gasteiger partial charge < -0.3 is 30.7 Å². The Labute approximate surface area is 165 Å². The molecule has 0 spiro atoms. The predicted molar refractivity (Wildman–Crippen MR) is 107 cm³/mol. The maximum Gasteiger partial charge on any atom is 0.254 e. The number of hydrogen-bond acceptors (Lipinski definition) is 6. The number of amides is 1. The highest BCUT2D eigenvalue weighted by Gasteiger charge is 2.30. The van der Waals surface area contributed by atoms with Crippen molar-refractivity contribution in [2.75, 3.05) is 24.2 Å². The van der Waals surface area contributed by atoms with Crippen molar-refractivity contribution in [2.45, 2.75) is 25.9 Å². The zero-order chi connectivity index (χ0) is 20.7. The lowest BCUT2D eigenvalue weighted by atomic mass is 10.0. The molecule has 0 radical (unpaired) electrons. The fourth-order valence-electron chi connectivity index (χ4n) is 3.58. The third kappa shape index (κ3) is 3.06. The first-order chi connectivity index (χ1) is 13.9. The van der Waals surface area contributed by atoms with Gasteiger partial charge >= 0.3 is 0 Å². The Bertz CT molecular complexity index is 1160. The van der Waals surface area contributed by atoms with E-state index in [1.165, 1.54) is 6.20 Å². The number of aromatic nitrogens is 3. The summed E-state index contributed by atoms with van der Waals surface area (Å²) in [7, 11) is 0. The number of halogens is 1. The van der Waals surface area contributed by atoms with E-state index in [-0.39, 0.29) is 40.7 Å². The largest absolute Gasteiger partial charge is 0.487 e. The van der Waals surface area contributed by atoms with E-state index in [1.54, 1.807) is 17.1 Å². The van der Waals surface area contributed by atoms with Crippen LogP contribution >= 0.6 is 0 Å². The standard InChI is InChI=1S/C19H21FN6O3/c1-10-8-29-18-15(24-3-2-5-25-6-4-23-9-25)13(20)14(21)12-16(18)26(10)7-11(17(12)27)19(22)28/h4,6-7,9-10,24H,2-3,5,8,21H2,1H3,(H2,22,28). The summed E-state index contributed by atoms with van der Waals surface area (Å²) in [6.45, 7) is 3.26. The molecular formula is C19H21FN6O3. The number of anilines is 2. The van der Waals surface area contributed by atoms with Gasteiger partial charge in [-0.3, -0.25) is 9.59 Å². The number of nitrogens with zero attached hydrogens (tertiary/aromatic N) is 3. The Hall–Kier alpha value is -3.56. The molecule has 1 aromatic carbocycles. The smallest absolute Gasteiger partial charge is 0.254 e. The van der Waals surface area contributed by atoms with Crippen molar-refractivity contribution in [3.8, 4) is 5.75 Å². The summed E-state index contributed by atoms with van der Waals surface area (Å²) in [5.74, 6) is -1.46. The second-order valence-electron chi connectivity index (χ2n) is 7.04. The van der Waals surface area contributed by atoms with Crippen LogP contribution in [0.2, 0.25) is 0 Å². The van der Waals surface area contributed by atoms with Crippen molar-refractivity contribution in [1.29, 1.82) is 0 Å². The van der Waals surface area contributed by atoms with Gasteiger partial charge in [-0.05, 0) is 13.3 Å². The van der Waals surface area contributed by atoms with Crippen molar-refractivity contribution in [3.63, 3.8) is 0 Å². The van der Waals surface area contributed by atoms with Gasteiger partial charge in [0.25, 0.3) is 5.91 Å². The number of aryl methyl sites for hydroxylation is 1. The van der Waals surface area contributed by atoms with Crippen LogP contribution in [0.5, 0.6) is 5.75 Å². The van der Waals surface area contributed by atoms with Gasteiger partial charge in [0, 0.05) is 31.7 Å². The number of nitrogen functional groups attached to an aromatic ring is 1. The number of hydrogen-bond donors (Lipinski definition) is 3. The number of ether oxygens (including phenoxy) is 1. The number of benzene rings is 1. The van der Waals surface area contributed by atoms with E-state index in [1.807, 2.05) is 17.7 Å². The monoisotopic (exact) mass is 400 g/mol. The third-order valence-electron chi connectivity index (χ3n) is 5.07. The molecule has 0 bridgehead atoms. The van der Waals surface area contributed by atoms with Crippen LogP contribution in [-0.4, -0.2) is 33.2 Å². The number of rotatable bonds is 6. The molecule has 1 amide bonds. The Morgan fingerprint density at radius 2 is 2.28 bits per heavy atom. The third-order valence-corrected chi connectivity index (χ3v) is 5.07. The Morgan fingerprint density at radius 3 is 2.97 bits per heavy atom. The SMILES string of the molecule is CC1COc2c(NCCCn3ccnc3)c(F)c(N)c3c(=O)c(C(N)=O)cn1c23. The number of nitrogens with two attached hydrogens (primary N) is 2. The minimum Gasteiger partial charge on any atom is -0.487 e. The summed E-state index contributed by atoms with van der Waals surface area (Å²) in [5, 5.41) is 2.95. The molecule has 1 unspecified atom stereocenters. The fourth-order valence-corrected chi connectivity index (χ4v) is 3.58. The highest BCUT2D eigenvalue weighted by Crippen LogP contribution is 2.43. The molecule has 10 heteroatoms. The lowest BCUT2D eigenvalue weighted by Gasteiger charge is -2.29. The number of carbonyl (C=O) groups excluding carboxylic acids is 1. The minimum atomic E-state index is -0.887. The first-order valence-corrected chi connectivity index (χ1v) is 9.22. The molecule has 0 saturated heterocycles. The van der Waals surface area contributed by atoms with E-state index < -0.39 is 17.2 Å². The molecule has 29 heavy (non-hydrogen) atoms. The summed E-state index contributed by atoms with van der Waals surface area (Å²) < 4.78 is 24.5. The summed E-state index contributed by atoms with van der Waals surface area (Å²) in [6.07, 6.45) is 7.34. The van der Waals surface area contributed by atoms with E-state index in [0.717, 1.165) is 0 Å². The van der Waals surface area contributed by atoms with Gasteiger partial charge in [-0.1, -0.05) is 0 Å². The maximum absolute atomic E-state index is 15.1.